The third-order valence-corrected chi connectivity index (χ3v) is 4.51. The summed E-state index contributed by atoms with van der Waals surface area (Å²) >= 11 is 6.10. The minimum atomic E-state index is -0.119. The van der Waals surface area contributed by atoms with Gasteiger partial charge in [0.1, 0.15) is 11.6 Å². The molecule has 0 atom stereocenters. The van der Waals surface area contributed by atoms with Gasteiger partial charge in [-0.15, -0.1) is 0 Å². The third-order valence-electron chi connectivity index (χ3n) is 4.14. The molecule has 0 aliphatic carbocycles. The van der Waals surface area contributed by atoms with Gasteiger partial charge in [-0.1, -0.05) is 35.9 Å². The van der Waals surface area contributed by atoms with E-state index in [1.807, 2.05) is 36.4 Å². The van der Waals surface area contributed by atoms with Crippen molar-refractivity contribution in [3.63, 3.8) is 0 Å². The Balaban J connectivity index is 1.64. The number of aromatic nitrogens is 1. The summed E-state index contributed by atoms with van der Waals surface area (Å²) in [6.45, 7) is 3.93. The van der Waals surface area contributed by atoms with E-state index in [0.717, 1.165) is 37.6 Å². The highest BCUT2D eigenvalue weighted by molar-refractivity contribution is 6.31. The minimum absolute atomic E-state index is 0.119. The number of piperazine rings is 1. The molecular weight excluding hydrogens is 324 g/mol. The second kappa shape index (κ2) is 7.64. The van der Waals surface area contributed by atoms with E-state index in [1.54, 1.807) is 6.07 Å². The number of carbonyl (C=O) groups is 1. The molecule has 1 aromatic heterocycles. The Labute approximate surface area is 147 Å². The smallest absolute Gasteiger partial charge is 0.230 e. The summed E-state index contributed by atoms with van der Waals surface area (Å²) in [5.41, 5.74) is 0.812. The van der Waals surface area contributed by atoms with Crippen LogP contribution in [0.3, 0.4) is 0 Å². The molecule has 1 aliphatic rings. The predicted octanol–water partition coefficient (Wildman–Crippen LogP) is 2.67. The zero-order valence-corrected chi connectivity index (χ0v) is 14.5. The lowest BCUT2D eigenvalue weighted by Crippen LogP contribution is -2.44. The lowest BCUT2D eigenvalue weighted by atomic mass is 10.1. The first-order valence-corrected chi connectivity index (χ1v) is 8.43. The SMILES string of the molecule is CN1CCN(c2cccc(NC(=O)Cc3ccccc3Cl)n2)CC1. The van der Waals surface area contributed by atoms with Crippen LogP contribution in [0.1, 0.15) is 5.56 Å². The molecule has 0 spiro atoms. The van der Waals surface area contributed by atoms with Crippen LogP contribution in [0.4, 0.5) is 11.6 Å². The summed E-state index contributed by atoms with van der Waals surface area (Å²) < 4.78 is 0. The summed E-state index contributed by atoms with van der Waals surface area (Å²) in [4.78, 5) is 21.3. The van der Waals surface area contributed by atoms with E-state index in [1.165, 1.54) is 0 Å². The predicted molar refractivity (Wildman–Crippen MR) is 97.7 cm³/mol. The fourth-order valence-corrected chi connectivity index (χ4v) is 2.91. The summed E-state index contributed by atoms with van der Waals surface area (Å²) in [5.74, 6) is 1.35. The van der Waals surface area contributed by atoms with Gasteiger partial charge in [0.2, 0.25) is 5.91 Å². The number of nitrogens with one attached hydrogen (secondary N) is 1. The number of carbonyl (C=O) groups excluding carboxylic acids is 1. The highest BCUT2D eigenvalue weighted by Gasteiger charge is 2.16. The van der Waals surface area contributed by atoms with Gasteiger partial charge in [-0.3, -0.25) is 4.79 Å². The molecule has 1 amide bonds. The van der Waals surface area contributed by atoms with Gasteiger partial charge in [0.15, 0.2) is 0 Å². The average molecular weight is 345 g/mol. The van der Waals surface area contributed by atoms with E-state index in [2.05, 4.69) is 27.1 Å². The lowest BCUT2D eigenvalue weighted by molar-refractivity contribution is -0.115. The van der Waals surface area contributed by atoms with Crippen molar-refractivity contribution < 1.29 is 4.79 Å². The number of amides is 1. The van der Waals surface area contributed by atoms with Crippen LogP contribution in [0.15, 0.2) is 42.5 Å². The van der Waals surface area contributed by atoms with Gasteiger partial charge in [0.25, 0.3) is 0 Å². The van der Waals surface area contributed by atoms with E-state index < -0.39 is 0 Å². The van der Waals surface area contributed by atoms with E-state index in [0.29, 0.717) is 10.8 Å². The summed E-state index contributed by atoms with van der Waals surface area (Å²) in [6.07, 6.45) is 0.236. The third kappa shape index (κ3) is 4.24. The van der Waals surface area contributed by atoms with Gasteiger partial charge >= 0.3 is 0 Å². The first-order valence-electron chi connectivity index (χ1n) is 8.05. The monoisotopic (exact) mass is 344 g/mol. The number of hydrogen-bond acceptors (Lipinski definition) is 4. The molecule has 0 bridgehead atoms. The molecule has 0 saturated carbocycles. The fourth-order valence-electron chi connectivity index (χ4n) is 2.71. The zero-order valence-electron chi connectivity index (χ0n) is 13.7. The van der Waals surface area contributed by atoms with Crippen LogP contribution in [0, 0.1) is 0 Å². The molecule has 1 fully saturated rings. The second-order valence-electron chi connectivity index (χ2n) is 5.99. The fraction of sp³-hybridized carbons (Fsp3) is 0.333. The normalized spacial score (nSPS) is 15.3. The standard InChI is InChI=1S/C18H21ClN4O/c1-22-9-11-23(12-10-22)17-8-4-7-16(20-17)21-18(24)13-14-5-2-3-6-15(14)19/h2-8H,9-13H2,1H3,(H,20,21,24). The molecule has 0 unspecified atom stereocenters. The molecule has 2 aromatic rings. The largest absolute Gasteiger partial charge is 0.354 e. The van der Waals surface area contributed by atoms with Gasteiger partial charge in [-0.2, -0.15) is 0 Å². The van der Waals surface area contributed by atoms with Crippen molar-refractivity contribution in [1.82, 2.24) is 9.88 Å². The summed E-state index contributed by atoms with van der Waals surface area (Å²) in [6, 6.07) is 13.1. The van der Waals surface area contributed by atoms with Crippen LogP contribution >= 0.6 is 11.6 Å². The summed E-state index contributed by atoms with van der Waals surface area (Å²) in [7, 11) is 2.12. The maximum absolute atomic E-state index is 12.2. The van der Waals surface area contributed by atoms with Crippen molar-refractivity contribution in [3.8, 4) is 0 Å². The van der Waals surface area contributed by atoms with Crippen LogP contribution in [0.5, 0.6) is 0 Å². The first-order chi connectivity index (χ1) is 11.6. The van der Waals surface area contributed by atoms with Crippen molar-refractivity contribution in [2.45, 2.75) is 6.42 Å². The van der Waals surface area contributed by atoms with Crippen molar-refractivity contribution in [2.24, 2.45) is 0 Å². The van der Waals surface area contributed by atoms with Crippen LogP contribution in [0.25, 0.3) is 0 Å². The molecule has 126 valence electrons. The van der Waals surface area contributed by atoms with Crippen molar-refractivity contribution in [3.05, 3.63) is 53.1 Å². The Hall–Kier alpha value is -2.11. The molecule has 5 nitrogen and oxygen atoms in total. The Morgan fingerprint density at radius 1 is 1.12 bits per heavy atom. The zero-order chi connectivity index (χ0) is 16.9. The number of nitrogens with zero attached hydrogens (tertiary/aromatic N) is 3. The molecule has 3 rings (SSSR count). The molecule has 0 radical (unpaired) electrons. The molecule has 1 aromatic carbocycles. The maximum atomic E-state index is 12.2. The number of rotatable bonds is 4. The quantitative estimate of drug-likeness (QED) is 0.926. The number of hydrogen-bond donors (Lipinski definition) is 1. The molecule has 6 heteroatoms. The molecule has 1 saturated heterocycles. The molecule has 24 heavy (non-hydrogen) atoms. The molecule has 1 aliphatic heterocycles. The number of anilines is 2. The van der Waals surface area contributed by atoms with Crippen LogP contribution in [0.2, 0.25) is 5.02 Å². The van der Waals surface area contributed by atoms with E-state index in [-0.39, 0.29) is 12.3 Å². The Bertz CT molecular complexity index is 714. The highest BCUT2D eigenvalue weighted by Crippen LogP contribution is 2.18. The number of halogens is 1. The van der Waals surface area contributed by atoms with E-state index in [4.69, 9.17) is 11.6 Å². The molecular formula is C18H21ClN4O. The Morgan fingerprint density at radius 2 is 1.88 bits per heavy atom. The lowest BCUT2D eigenvalue weighted by Gasteiger charge is -2.33. The Kier molecular flexibility index (Phi) is 5.33. The van der Waals surface area contributed by atoms with E-state index in [9.17, 15) is 4.79 Å². The van der Waals surface area contributed by atoms with Crippen LogP contribution in [-0.4, -0.2) is 49.0 Å². The van der Waals surface area contributed by atoms with Crippen molar-refractivity contribution in [1.29, 1.82) is 0 Å². The average Bonchev–Trinajstić information content (AvgIpc) is 2.58. The second-order valence-corrected chi connectivity index (χ2v) is 6.39. The van der Waals surface area contributed by atoms with Gasteiger partial charge < -0.3 is 15.1 Å². The van der Waals surface area contributed by atoms with Crippen molar-refractivity contribution >= 4 is 29.1 Å². The number of pyridine rings is 1. The van der Waals surface area contributed by atoms with Crippen LogP contribution < -0.4 is 10.2 Å². The van der Waals surface area contributed by atoms with Gasteiger partial charge in [0.05, 0.1) is 6.42 Å². The topological polar surface area (TPSA) is 48.5 Å². The number of likely N-dealkylation sites (N-methyl/N-ethyl adjacent to an activating group) is 1. The van der Waals surface area contributed by atoms with Crippen molar-refractivity contribution in [2.75, 3.05) is 43.4 Å². The first kappa shape index (κ1) is 16.7. The summed E-state index contributed by atoms with van der Waals surface area (Å²) in [5, 5.41) is 3.46. The molecule has 1 N–H and O–H groups in total. The highest BCUT2D eigenvalue weighted by atomic mass is 35.5. The van der Waals surface area contributed by atoms with Gasteiger partial charge in [-0.05, 0) is 30.8 Å². The van der Waals surface area contributed by atoms with Gasteiger partial charge in [0, 0.05) is 31.2 Å². The minimum Gasteiger partial charge on any atom is -0.354 e. The van der Waals surface area contributed by atoms with Gasteiger partial charge in [-0.25, -0.2) is 4.98 Å². The molecule has 2 heterocycles. The Morgan fingerprint density at radius 3 is 2.62 bits per heavy atom. The van der Waals surface area contributed by atoms with E-state index >= 15 is 0 Å². The number of benzene rings is 1. The maximum Gasteiger partial charge on any atom is 0.230 e. The van der Waals surface area contributed by atoms with Crippen LogP contribution in [-0.2, 0) is 11.2 Å².